The first-order valence-electron chi connectivity index (χ1n) is 7.16. The summed E-state index contributed by atoms with van der Waals surface area (Å²) < 4.78 is 0. The van der Waals surface area contributed by atoms with Crippen molar-refractivity contribution in [2.24, 2.45) is 0 Å². The highest BCUT2D eigenvalue weighted by Crippen LogP contribution is 2.12. The number of rotatable bonds is 4. The number of carbonyl (C=O) groups is 1. The van der Waals surface area contributed by atoms with Crippen LogP contribution in [0.1, 0.15) is 5.01 Å². The van der Waals surface area contributed by atoms with Crippen molar-refractivity contribution in [3.05, 3.63) is 23.5 Å². The van der Waals surface area contributed by atoms with Crippen LogP contribution in [0.2, 0.25) is 0 Å². The zero-order valence-electron chi connectivity index (χ0n) is 12.3. The minimum absolute atomic E-state index is 0.0180. The molecule has 0 atom stereocenters. The van der Waals surface area contributed by atoms with E-state index < -0.39 is 0 Å². The Morgan fingerprint density at radius 3 is 2.68 bits per heavy atom. The fraction of sp³-hybridized carbons (Fsp3) is 0.462. The number of hydrogen-bond donors (Lipinski definition) is 2. The largest absolute Gasteiger partial charge is 0.330 e. The molecule has 9 heteroatoms. The van der Waals surface area contributed by atoms with Gasteiger partial charge in [0.25, 0.3) is 5.91 Å². The molecule has 1 amide bonds. The second-order valence-corrected chi connectivity index (χ2v) is 6.32. The zero-order chi connectivity index (χ0) is 15.4. The molecule has 0 saturated carbocycles. The topological polar surface area (TPSA) is 88.3 Å². The molecule has 1 aliphatic rings. The highest BCUT2D eigenvalue weighted by Gasteiger charge is 2.23. The Bertz CT molecular complexity index is 624. The van der Waals surface area contributed by atoms with Gasteiger partial charge in [0.2, 0.25) is 11.1 Å². The van der Waals surface area contributed by atoms with E-state index in [0.717, 1.165) is 37.1 Å². The Morgan fingerprint density at radius 2 is 2.05 bits per heavy atom. The summed E-state index contributed by atoms with van der Waals surface area (Å²) in [5.41, 5.74) is 0. The highest BCUT2D eigenvalue weighted by molar-refractivity contribution is 7.15. The number of nitrogens with zero attached hydrogens (tertiary/aromatic N) is 5. The van der Waals surface area contributed by atoms with Gasteiger partial charge in [-0.05, 0) is 13.0 Å². The molecule has 1 fully saturated rings. The molecular weight excluding hydrogens is 302 g/mol. The van der Waals surface area contributed by atoms with Gasteiger partial charge in [0.05, 0.1) is 26.2 Å². The van der Waals surface area contributed by atoms with E-state index in [-0.39, 0.29) is 5.91 Å². The molecule has 3 heterocycles. The van der Waals surface area contributed by atoms with Crippen LogP contribution in [0.15, 0.2) is 18.5 Å². The number of hydrogen-bond acceptors (Lipinski definition) is 7. The minimum atomic E-state index is -0.0180. The number of aryl methyl sites for hydroxylation is 1. The smallest absolute Gasteiger partial charge is 0.281 e. The van der Waals surface area contributed by atoms with Crippen molar-refractivity contribution in [1.82, 2.24) is 20.2 Å². The maximum atomic E-state index is 12.0. The lowest BCUT2D eigenvalue weighted by atomic mass is 10.3. The van der Waals surface area contributed by atoms with Crippen molar-refractivity contribution in [3.8, 4) is 0 Å². The number of carbonyl (C=O) groups excluding carboxylic acids is 1. The van der Waals surface area contributed by atoms with E-state index in [1.54, 1.807) is 12.4 Å². The quantitative estimate of drug-likeness (QED) is 0.750. The van der Waals surface area contributed by atoms with Crippen LogP contribution < -0.4 is 15.1 Å². The van der Waals surface area contributed by atoms with Gasteiger partial charge in [-0.25, -0.2) is 9.97 Å². The summed E-state index contributed by atoms with van der Waals surface area (Å²) >= 11 is 1.39. The lowest BCUT2D eigenvalue weighted by molar-refractivity contribution is -0.892. The van der Waals surface area contributed by atoms with Gasteiger partial charge >= 0.3 is 0 Å². The van der Waals surface area contributed by atoms with E-state index in [2.05, 4.69) is 30.4 Å². The molecule has 2 aromatic heterocycles. The molecule has 0 aliphatic carbocycles. The number of nitrogens with one attached hydrogen (secondary N) is 2. The first-order chi connectivity index (χ1) is 10.7. The Hall–Kier alpha value is -2.13. The molecular formula is C13H18N7OS+. The summed E-state index contributed by atoms with van der Waals surface area (Å²) in [6, 6.07) is 1.81. The van der Waals surface area contributed by atoms with E-state index in [1.807, 2.05) is 13.0 Å². The van der Waals surface area contributed by atoms with Gasteiger partial charge in [0, 0.05) is 12.4 Å². The van der Waals surface area contributed by atoms with E-state index in [0.29, 0.717) is 11.7 Å². The molecule has 2 N–H and O–H groups in total. The van der Waals surface area contributed by atoms with E-state index >= 15 is 0 Å². The van der Waals surface area contributed by atoms with Crippen LogP contribution in [0, 0.1) is 6.92 Å². The number of amides is 1. The van der Waals surface area contributed by atoms with Gasteiger partial charge in [-0.2, -0.15) is 0 Å². The van der Waals surface area contributed by atoms with Crippen LogP contribution in [0.25, 0.3) is 0 Å². The Morgan fingerprint density at radius 1 is 1.32 bits per heavy atom. The molecule has 22 heavy (non-hydrogen) atoms. The molecule has 1 saturated heterocycles. The summed E-state index contributed by atoms with van der Waals surface area (Å²) in [6.07, 6.45) is 3.50. The molecule has 0 bridgehead atoms. The van der Waals surface area contributed by atoms with Crippen molar-refractivity contribution in [1.29, 1.82) is 0 Å². The Balaban J connectivity index is 1.46. The first kappa shape index (κ1) is 14.8. The Labute approximate surface area is 132 Å². The van der Waals surface area contributed by atoms with E-state index in [4.69, 9.17) is 0 Å². The fourth-order valence-corrected chi connectivity index (χ4v) is 3.00. The molecule has 116 valence electrons. The van der Waals surface area contributed by atoms with Crippen molar-refractivity contribution < 1.29 is 9.69 Å². The second kappa shape index (κ2) is 6.75. The maximum Gasteiger partial charge on any atom is 0.281 e. The molecule has 3 rings (SSSR count). The average molecular weight is 320 g/mol. The fourth-order valence-electron chi connectivity index (χ4n) is 2.39. The first-order valence-corrected chi connectivity index (χ1v) is 7.98. The number of piperazine rings is 1. The monoisotopic (exact) mass is 320 g/mol. The van der Waals surface area contributed by atoms with Crippen LogP contribution in [-0.2, 0) is 4.79 Å². The van der Waals surface area contributed by atoms with Gasteiger partial charge in [-0.1, -0.05) is 11.3 Å². The van der Waals surface area contributed by atoms with Gasteiger partial charge in [-0.15, -0.1) is 10.2 Å². The standard InChI is InChI=1S/C13H17N7OS/c1-10-17-18-13(22-10)16-11(21)9-19-5-7-20(8-6-19)12-14-3-2-4-15-12/h2-4H,5-9H2,1H3,(H,16,18,21)/p+1. The van der Waals surface area contributed by atoms with Crippen molar-refractivity contribution >= 4 is 28.3 Å². The summed E-state index contributed by atoms with van der Waals surface area (Å²) in [7, 11) is 0. The van der Waals surface area contributed by atoms with Gasteiger partial charge in [-0.3, -0.25) is 10.1 Å². The predicted octanol–water partition coefficient (Wildman–Crippen LogP) is -1.02. The molecule has 0 aromatic carbocycles. The summed E-state index contributed by atoms with van der Waals surface area (Å²) in [5, 5.41) is 12.0. The van der Waals surface area contributed by atoms with Crippen LogP contribution in [-0.4, -0.2) is 58.8 Å². The second-order valence-electron chi connectivity index (χ2n) is 5.14. The summed E-state index contributed by atoms with van der Waals surface area (Å²) in [5.74, 6) is 0.742. The third-order valence-electron chi connectivity index (χ3n) is 3.49. The van der Waals surface area contributed by atoms with E-state index in [1.165, 1.54) is 16.2 Å². The van der Waals surface area contributed by atoms with Gasteiger partial charge in [0.15, 0.2) is 6.54 Å². The molecule has 8 nitrogen and oxygen atoms in total. The number of aromatic nitrogens is 4. The molecule has 2 aromatic rings. The van der Waals surface area contributed by atoms with Crippen LogP contribution in [0.5, 0.6) is 0 Å². The van der Waals surface area contributed by atoms with Gasteiger partial charge in [0.1, 0.15) is 5.01 Å². The summed E-state index contributed by atoms with van der Waals surface area (Å²) in [6.45, 7) is 5.79. The SMILES string of the molecule is Cc1nnc(NC(=O)C[NH+]2CCN(c3ncccn3)CC2)s1. The van der Waals surface area contributed by atoms with Crippen LogP contribution in [0.4, 0.5) is 11.1 Å². The average Bonchev–Trinajstić information content (AvgIpc) is 2.94. The highest BCUT2D eigenvalue weighted by atomic mass is 32.1. The molecule has 0 spiro atoms. The molecule has 1 aliphatic heterocycles. The summed E-state index contributed by atoms with van der Waals surface area (Å²) in [4.78, 5) is 23.9. The number of anilines is 2. The van der Waals surface area contributed by atoms with E-state index in [9.17, 15) is 4.79 Å². The minimum Gasteiger partial charge on any atom is -0.330 e. The van der Waals surface area contributed by atoms with Crippen molar-refractivity contribution in [2.45, 2.75) is 6.92 Å². The zero-order valence-corrected chi connectivity index (χ0v) is 13.1. The lowest BCUT2D eigenvalue weighted by Gasteiger charge is -2.31. The predicted molar refractivity (Wildman–Crippen MR) is 83.1 cm³/mol. The van der Waals surface area contributed by atoms with Crippen molar-refractivity contribution in [3.63, 3.8) is 0 Å². The maximum absolute atomic E-state index is 12.0. The van der Waals surface area contributed by atoms with Crippen LogP contribution in [0.3, 0.4) is 0 Å². The normalized spacial score (nSPS) is 15.8. The van der Waals surface area contributed by atoms with Gasteiger partial charge < -0.3 is 9.80 Å². The third kappa shape index (κ3) is 3.74. The van der Waals surface area contributed by atoms with Crippen molar-refractivity contribution in [2.75, 3.05) is 42.9 Å². The molecule has 0 radical (unpaired) electrons. The van der Waals surface area contributed by atoms with Crippen LogP contribution >= 0.6 is 11.3 Å². The number of quaternary nitrogens is 1. The third-order valence-corrected chi connectivity index (χ3v) is 4.24. The molecule has 0 unspecified atom stereocenters. The Kier molecular flexibility index (Phi) is 4.54. The lowest BCUT2D eigenvalue weighted by Crippen LogP contribution is -3.15.